The van der Waals surface area contributed by atoms with E-state index in [1.807, 2.05) is 24.3 Å². The number of hydrogen-bond donors (Lipinski definition) is 7. The zero-order valence-corrected chi connectivity index (χ0v) is 18.8. The van der Waals surface area contributed by atoms with Crippen molar-refractivity contribution in [3.8, 4) is 0 Å². The Morgan fingerprint density at radius 3 is 2.41 bits per heavy atom. The second-order valence-corrected chi connectivity index (χ2v) is 8.12. The lowest BCUT2D eigenvalue weighted by atomic mass is 10.0. The Balaban J connectivity index is 2.01. The van der Waals surface area contributed by atoms with E-state index in [9.17, 15) is 19.2 Å². The minimum Gasteiger partial charge on any atom is -0.480 e. The summed E-state index contributed by atoms with van der Waals surface area (Å²) in [5, 5.41) is 17.0. The highest BCUT2D eigenvalue weighted by Gasteiger charge is 2.30. The summed E-state index contributed by atoms with van der Waals surface area (Å²) < 4.78 is 0. The van der Waals surface area contributed by atoms with E-state index in [-0.39, 0.29) is 18.1 Å². The van der Waals surface area contributed by atoms with Gasteiger partial charge in [-0.05, 0) is 24.0 Å². The van der Waals surface area contributed by atoms with Crippen molar-refractivity contribution in [3.63, 3.8) is 0 Å². The predicted molar refractivity (Wildman–Crippen MR) is 123 cm³/mol. The molecular formula is C21H29N5O5S. The number of benzene rings is 1. The molecule has 10 nitrogen and oxygen atoms in total. The van der Waals surface area contributed by atoms with Gasteiger partial charge < -0.3 is 31.8 Å². The molecule has 11 heteroatoms. The molecule has 1 aromatic heterocycles. The number of carbonyl (C=O) groups is 4. The van der Waals surface area contributed by atoms with Crippen molar-refractivity contribution in [3.05, 3.63) is 36.0 Å². The maximum atomic E-state index is 12.7. The lowest BCUT2D eigenvalue weighted by Gasteiger charge is -2.25. The lowest BCUT2D eigenvalue weighted by molar-refractivity contribution is -0.138. The molecule has 0 radical (unpaired) electrons. The van der Waals surface area contributed by atoms with Gasteiger partial charge in [-0.3, -0.25) is 19.2 Å². The summed E-state index contributed by atoms with van der Waals surface area (Å²) in [6.45, 7) is 2.91. The molecule has 0 aliphatic carbocycles. The molecule has 32 heavy (non-hydrogen) atoms. The summed E-state index contributed by atoms with van der Waals surface area (Å²) in [7, 11) is 0. The van der Waals surface area contributed by atoms with E-state index in [0.717, 1.165) is 16.5 Å². The monoisotopic (exact) mass is 463 g/mol. The normalized spacial score (nSPS) is 13.9. The van der Waals surface area contributed by atoms with E-state index in [1.54, 1.807) is 20.0 Å². The Kier molecular flexibility index (Phi) is 9.09. The van der Waals surface area contributed by atoms with Crippen LogP contribution in [0.1, 0.15) is 19.4 Å². The first kappa shape index (κ1) is 25.2. The Hall–Kier alpha value is -3.05. The number of aromatic amines is 1. The number of hydrogen-bond acceptors (Lipinski definition) is 6. The molecule has 1 aromatic carbocycles. The van der Waals surface area contributed by atoms with Crippen molar-refractivity contribution in [1.82, 2.24) is 20.9 Å². The fraction of sp³-hybridized carbons (Fsp3) is 0.429. The summed E-state index contributed by atoms with van der Waals surface area (Å²) in [4.78, 5) is 51.3. The van der Waals surface area contributed by atoms with Crippen LogP contribution in [-0.4, -0.2) is 64.2 Å². The molecule has 2 aromatic rings. The molecule has 174 valence electrons. The second kappa shape index (κ2) is 11.5. The van der Waals surface area contributed by atoms with Crippen molar-refractivity contribution in [2.24, 2.45) is 11.7 Å². The highest BCUT2D eigenvalue weighted by molar-refractivity contribution is 7.80. The highest BCUT2D eigenvalue weighted by Crippen LogP contribution is 2.18. The molecule has 0 fully saturated rings. The van der Waals surface area contributed by atoms with Crippen molar-refractivity contribution >= 4 is 47.2 Å². The summed E-state index contributed by atoms with van der Waals surface area (Å²) in [5.41, 5.74) is 7.93. The third kappa shape index (κ3) is 6.72. The minimum absolute atomic E-state index is 0.0456. The number of thiol groups is 1. The standard InChI is InChI=1S/C21H29N5O5S/c1-11(2)18(21(31)25-16(10-32)20(30)24-9-17(27)28)26-19(29)14(22)7-12-8-23-15-6-4-3-5-13(12)15/h3-6,8,11,14,16,18,23,32H,7,9-10,22H2,1-2H3,(H,24,30)(H,25,31)(H,26,29)(H,27,28). The van der Waals surface area contributed by atoms with E-state index in [2.05, 4.69) is 33.6 Å². The van der Waals surface area contributed by atoms with Crippen LogP contribution in [0.3, 0.4) is 0 Å². The molecule has 0 saturated heterocycles. The molecule has 0 saturated carbocycles. The molecule has 2 rings (SSSR count). The Morgan fingerprint density at radius 1 is 1.09 bits per heavy atom. The van der Waals surface area contributed by atoms with E-state index >= 15 is 0 Å². The molecule has 7 N–H and O–H groups in total. The molecule has 3 unspecified atom stereocenters. The van der Waals surface area contributed by atoms with Gasteiger partial charge in [0.2, 0.25) is 17.7 Å². The van der Waals surface area contributed by atoms with Gasteiger partial charge in [-0.2, -0.15) is 12.6 Å². The molecule has 3 atom stereocenters. The van der Waals surface area contributed by atoms with Gasteiger partial charge in [0.15, 0.2) is 0 Å². The van der Waals surface area contributed by atoms with Crippen molar-refractivity contribution in [1.29, 1.82) is 0 Å². The molecule has 0 aliphatic rings. The lowest BCUT2D eigenvalue weighted by Crippen LogP contribution is -2.58. The average molecular weight is 464 g/mol. The largest absolute Gasteiger partial charge is 0.480 e. The van der Waals surface area contributed by atoms with Crippen LogP contribution in [0, 0.1) is 5.92 Å². The van der Waals surface area contributed by atoms with Crippen LogP contribution in [0.5, 0.6) is 0 Å². The van der Waals surface area contributed by atoms with Crippen LogP contribution in [-0.2, 0) is 25.6 Å². The number of carboxylic acids is 1. The fourth-order valence-electron chi connectivity index (χ4n) is 3.17. The van der Waals surface area contributed by atoms with Gasteiger partial charge >= 0.3 is 5.97 Å². The number of carboxylic acid groups (broad SMARTS) is 1. The van der Waals surface area contributed by atoms with Crippen molar-refractivity contribution < 1.29 is 24.3 Å². The van der Waals surface area contributed by atoms with E-state index in [0.29, 0.717) is 0 Å². The van der Waals surface area contributed by atoms with Crippen LogP contribution in [0.15, 0.2) is 30.5 Å². The number of rotatable bonds is 11. The zero-order valence-electron chi connectivity index (χ0n) is 17.9. The second-order valence-electron chi connectivity index (χ2n) is 7.76. The number of H-pyrrole nitrogens is 1. The van der Waals surface area contributed by atoms with Crippen LogP contribution in [0.25, 0.3) is 10.9 Å². The zero-order chi connectivity index (χ0) is 23.8. The quantitative estimate of drug-likeness (QED) is 0.228. The summed E-state index contributed by atoms with van der Waals surface area (Å²) in [6.07, 6.45) is 2.08. The van der Waals surface area contributed by atoms with E-state index in [1.165, 1.54) is 0 Å². The minimum atomic E-state index is -1.21. The van der Waals surface area contributed by atoms with Crippen LogP contribution in [0.2, 0.25) is 0 Å². The molecule has 0 bridgehead atoms. The Morgan fingerprint density at radius 2 is 1.78 bits per heavy atom. The summed E-state index contributed by atoms with van der Waals surface area (Å²) in [6, 6.07) is 4.78. The smallest absolute Gasteiger partial charge is 0.322 e. The van der Waals surface area contributed by atoms with Crippen molar-refractivity contribution in [2.75, 3.05) is 12.3 Å². The van der Waals surface area contributed by atoms with Gasteiger partial charge in [-0.25, -0.2) is 0 Å². The first-order valence-corrected chi connectivity index (χ1v) is 10.8. The average Bonchev–Trinajstić information content (AvgIpc) is 3.16. The Labute approximate surface area is 191 Å². The van der Waals surface area contributed by atoms with Gasteiger partial charge in [-0.1, -0.05) is 32.0 Å². The first-order valence-electron chi connectivity index (χ1n) is 10.2. The van der Waals surface area contributed by atoms with Gasteiger partial charge in [-0.15, -0.1) is 0 Å². The SMILES string of the molecule is CC(C)C(NC(=O)C(N)Cc1c[nH]c2ccccc12)C(=O)NC(CS)C(=O)NCC(=O)O. The third-order valence-electron chi connectivity index (χ3n) is 4.93. The highest BCUT2D eigenvalue weighted by atomic mass is 32.1. The number of para-hydroxylation sites is 1. The Bertz CT molecular complexity index is 976. The van der Waals surface area contributed by atoms with Crippen LogP contribution >= 0.6 is 12.6 Å². The molecule has 0 aliphatic heterocycles. The third-order valence-corrected chi connectivity index (χ3v) is 5.29. The summed E-state index contributed by atoms with van der Waals surface area (Å²) >= 11 is 4.04. The maximum Gasteiger partial charge on any atom is 0.322 e. The number of carbonyl (C=O) groups excluding carboxylic acids is 3. The number of nitrogens with two attached hydrogens (primary N) is 1. The number of amides is 3. The number of nitrogens with one attached hydrogen (secondary N) is 4. The van der Waals surface area contributed by atoms with Crippen LogP contribution in [0.4, 0.5) is 0 Å². The number of aliphatic carboxylic acids is 1. The maximum absolute atomic E-state index is 12.7. The van der Waals surface area contributed by atoms with Crippen molar-refractivity contribution in [2.45, 2.75) is 38.4 Å². The molecule has 1 heterocycles. The molecule has 0 spiro atoms. The van der Waals surface area contributed by atoms with Gasteiger partial charge in [0.05, 0.1) is 6.04 Å². The predicted octanol–water partition coefficient (Wildman–Crippen LogP) is -0.206. The van der Waals surface area contributed by atoms with Gasteiger partial charge in [0.25, 0.3) is 0 Å². The fourth-order valence-corrected chi connectivity index (χ4v) is 3.42. The molecular weight excluding hydrogens is 434 g/mol. The first-order chi connectivity index (χ1) is 15.1. The van der Waals surface area contributed by atoms with Gasteiger partial charge in [0.1, 0.15) is 18.6 Å². The van der Waals surface area contributed by atoms with E-state index in [4.69, 9.17) is 10.8 Å². The summed E-state index contributed by atoms with van der Waals surface area (Å²) in [5.74, 6) is -3.31. The topological polar surface area (TPSA) is 166 Å². The number of fused-ring (bicyclic) bond motifs is 1. The van der Waals surface area contributed by atoms with Gasteiger partial charge in [0, 0.05) is 22.9 Å². The van der Waals surface area contributed by atoms with Crippen LogP contribution < -0.4 is 21.7 Å². The number of aromatic nitrogens is 1. The molecule has 3 amide bonds. The van der Waals surface area contributed by atoms with E-state index < -0.39 is 48.4 Å².